The van der Waals surface area contributed by atoms with E-state index in [4.69, 9.17) is 5.11 Å². The number of nitrogens with one attached hydrogen (secondary N) is 2. The minimum Gasteiger partial charge on any atom is -0.394 e. The number of hydrogen-bond donors (Lipinski definition) is 3. The SMILES string of the molecule is CNC(=O)c1ccc(NCc2cn(CCO)nn2)cc1. The minimum absolute atomic E-state index is 0.0389. The molecule has 20 heavy (non-hydrogen) atoms. The Kier molecular flexibility index (Phi) is 4.67. The zero-order valence-electron chi connectivity index (χ0n) is 11.2. The molecular weight excluding hydrogens is 258 g/mol. The first-order valence-corrected chi connectivity index (χ1v) is 6.29. The maximum absolute atomic E-state index is 11.4. The third-order valence-electron chi connectivity index (χ3n) is 2.76. The highest BCUT2D eigenvalue weighted by Gasteiger charge is 2.03. The summed E-state index contributed by atoms with van der Waals surface area (Å²) in [5, 5.41) is 22.4. The Labute approximate surface area is 116 Å². The van der Waals surface area contributed by atoms with Crippen molar-refractivity contribution < 1.29 is 9.90 Å². The van der Waals surface area contributed by atoms with Crippen molar-refractivity contribution in [3.05, 3.63) is 41.7 Å². The number of nitrogens with zero attached hydrogens (tertiary/aromatic N) is 3. The van der Waals surface area contributed by atoms with Crippen LogP contribution >= 0.6 is 0 Å². The van der Waals surface area contributed by atoms with Gasteiger partial charge in [0.05, 0.1) is 25.9 Å². The molecule has 0 saturated carbocycles. The van der Waals surface area contributed by atoms with E-state index in [1.54, 1.807) is 30.1 Å². The number of benzene rings is 1. The summed E-state index contributed by atoms with van der Waals surface area (Å²) in [4.78, 5) is 11.4. The van der Waals surface area contributed by atoms with Gasteiger partial charge in [0.2, 0.25) is 0 Å². The molecule has 0 radical (unpaired) electrons. The molecule has 0 spiro atoms. The molecule has 0 unspecified atom stereocenters. The van der Waals surface area contributed by atoms with Gasteiger partial charge in [-0.15, -0.1) is 5.10 Å². The lowest BCUT2D eigenvalue weighted by molar-refractivity contribution is 0.0963. The van der Waals surface area contributed by atoms with Gasteiger partial charge in [-0.1, -0.05) is 5.21 Å². The molecule has 0 atom stereocenters. The highest BCUT2D eigenvalue weighted by molar-refractivity contribution is 5.94. The van der Waals surface area contributed by atoms with Crippen molar-refractivity contribution in [1.82, 2.24) is 20.3 Å². The van der Waals surface area contributed by atoms with Gasteiger partial charge < -0.3 is 15.7 Å². The van der Waals surface area contributed by atoms with Gasteiger partial charge >= 0.3 is 0 Å². The second kappa shape index (κ2) is 6.67. The fourth-order valence-electron chi connectivity index (χ4n) is 1.71. The summed E-state index contributed by atoms with van der Waals surface area (Å²) in [6.45, 7) is 1.01. The quantitative estimate of drug-likeness (QED) is 0.702. The van der Waals surface area contributed by atoms with Crippen molar-refractivity contribution in [1.29, 1.82) is 0 Å². The monoisotopic (exact) mass is 275 g/mol. The van der Waals surface area contributed by atoms with Crippen molar-refractivity contribution in [3.8, 4) is 0 Å². The Morgan fingerprint density at radius 2 is 2.10 bits per heavy atom. The Morgan fingerprint density at radius 3 is 2.75 bits per heavy atom. The molecule has 0 fully saturated rings. The van der Waals surface area contributed by atoms with Crippen molar-refractivity contribution in [3.63, 3.8) is 0 Å². The molecular formula is C13H17N5O2. The summed E-state index contributed by atoms with van der Waals surface area (Å²) in [6, 6.07) is 7.18. The Bertz CT molecular complexity index is 564. The van der Waals surface area contributed by atoms with Crippen molar-refractivity contribution in [2.75, 3.05) is 19.0 Å². The molecule has 0 aliphatic rings. The fraction of sp³-hybridized carbons (Fsp3) is 0.308. The number of aromatic nitrogens is 3. The summed E-state index contributed by atoms with van der Waals surface area (Å²) in [7, 11) is 1.60. The maximum Gasteiger partial charge on any atom is 0.251 e. The van der Waals surface area contributed by atoms with Crippen LogP contribution < -0.4 is 10.6 Å². The van der Waals surface area contributed by atoms with E-state index in [1.165, 1.54) is 0 Å². The predicted octanol–water partition coefficient (Wildman–Crippen LogP) is 0.242. The zero-order valence-corrected chi connectivity index (χ0v) is 11.2. The van der Waals surface area contributed by atoms with Crippen LogP contribution in [0.5, 0.6) is 0 Å². The van der Waals surface area contributed by atoms with E-state index in [0.717, 1.165) is 11.4 Å². The molecule has 106 valence electrons. The molecule has 7 heteroatoms. The number of rotatable bonds is 6. The molecule has 1 aromatic heterocycles. The topological polar surface area (TPSA) is 92.1 Å². The Hall–Kier alpha value is -2.41. The average Bonchev–Trinajstić information content (AvgIpc) is 2.93. The van der Waals surface area contributed by atoms with Crippen LogP contribution in [0, 0.1) is 0 Å². The number of hydrogen-bond acceptors (Lipinski definition) is 5. The van der Waals surface area contributed by atoms with Crippen LogP contribution in [0.25, 0.3) is 0 Å². The van der Waals surface area contributed by atoms with Crippen LogP contribution in [0.4, 0.5) is 5.69 Å². The van der Waals surface area contributed by atoms with Gasteiger partial charge in [-0.25, -0.2) is 4.68 Å². The van der Waals surface area contributed by atoms with Crippen LogP contribution in [-0.4, -0.2) is 39.7 Å². The number of carbonyl (C=O) groups is 1. The van der Waals surface area contributed by atoms with E-state index in [2.05, 4.69) is 20.9 Å². The second-order valence-corrected chi connectivity index (χ2v) is 4.21. The predicted molar refractivity (Wildman–Crippen MR) is 74.3 cm³/mol. The van der Waals surface area contributed by atoms with Gasteiger partial charge in [0.15, 0.2) is 0 Å². The first kappa shape index (κ1) is 14.0. The van der Waals surface area contributed by atoms with E-state index in [0.29, 0.717) is 18.7 Å². The second-order valence-electron chi connectivity index (χ2n) is 4.21. The number of carbonyl (C=O) groups excluding carboxylic acids is 1. The first-order valence-electron chi connectivity index (χ1n) is 6.29. The zero-order chi connectivity index (χ0) is 14.4. The van der Waals surface area contributed by atoms with Gasteiger partial charge in [0.1, 0.15) is 5.69 Å². The summed E-state index contributed by atoms with van der Waals surface area (Å²) in [5.74, 6) is -0.108. The fourth-order valence-corrected chi connectivity index (χ4v) is 1.71. The lowest BCUT2D eigenvalue weighted by atomic mass is 10.2. The molecule has 0 aliphatic carbocycles. The molecule has 7 nitrogen and oxygen atoms in total. The third kappa shape index (κ3) is 3.55. The molecule has 1 heterocycles. The molecule has 2 rings (SSSR count). The van der Waals surface area contributed by atoms with E-state index in [-0.39, 0.29) is 12.5 Å². The molecule has 1 aromatic carbocycles. The number of amides is 1. The summed E-state index contributed by atoms with van der Waals surface area (Å²) >= 11 is 0. The summed E-state index contributed by atoms with van der Waals surface area (Å²) in [5.41, 5.74) is 2.30. The van der Waals surface area contributed by atoms with Gasteiger partial charge in [0.25, 0.3) is 5.91 Å². The van der Waals surface area contributed by atoms with E-state index < -0.39 is 0 Å². The highest BCUT2D eigenvalue weighted by Crippen LogP contribution is 2.10. The minimum atomic E-state index is -0.108. The number of anilines is 1. The van der Waals surface area contributed by atoms with Crippen LogP contribution in [0.15, 0.2) is 30.5 Å². The smallest absolute Gasteiger partial charge is 0.251 e. The summed E-state index contributed by atoms with van der Waals surface area (Å²) < 4.78 is 1.59. The van der Waals surface area contributed by atoms with Crippen molar-refractivity contribution in [2.24, 2.45) is 0 Å². The molecule has 2 aromatic rings. The van der Waals surface area contributed by atoms with Gasteiger partial charge in [-0.3, -0.25) is 4.79 Å². The largest absolute Gasteiger partial charge is 0.394 e. The number of aliphatic hydroxyl groups is 1. The Balaban J connectivity index is 1.91. The average molecular weight is 275 g/mol. The number of aliphatic hydroxyl groups excluding tert-OH is 1. The maximum atomic E-state index is 11.4. The van der Waals surface area contributed by atoms with Crippen molar-refractivity contribution >= 4 is 11.6 Å². The normalized spacial score (nSPS) is 10.3. The van der Waals surface area contributed by atoms with Gasteiger partial charge in [-0.05, 0) is 24.3 Å². The van der Waals surface area contributed by atoms with Crippen LogP contribution in [0.1, 0.15) is 16.1 Å². The van der Waals surface area contributed by atoms with Crippen molar-refractivity contribution in [2.45, 2.75) is 13.1 Å². The van der Waals surface area contributed by atoms with Gasteiger partial charge in [0, 0.05) is 18.3 Å². The highest BCUT2D eigenvalue weighted by atomic mass is 16.3. The lowest BCUT2D eigenvalue weighted by Gasteiger charge is -2.05. The van der Waals surface area contributed by atoms with E-state index >= 15 is 0 Å². The third-order valence-corrected chi connectivity index (χ3v) is 2.76. The van der Waals surface area contributed by atoms with E-state index in [1.807, 2.05) is 12.1 Å². The Morgan fingerprint density at radius 1 is 1.35 bits per heavy atom. The summed E-state index contributed by atoms with van der Waals surface area (Å²) in [6.07, 6.45) is 1.78. The van der Waals surface area contributed by atoms with Crippen LogP contribution in [0.2, 0.25) is 0 Å². The molecule has 0 bridgehead atoms. The standard InChI is InChI=1S/C13H17N5O2/c1-14-13(20)10-2-4-11(5-3-10)15-8-12-9-18(6-7-19)17-16-12/h2-5,9,15,19H,6-8H2,1H3,(H,14,20). The molecule has 3 N–H and O–H groups in total. The van der Waals surface area contributed by atoms with E-state index in [9.17, 15) is 4.79 Å². The molecule has 0 aliphatic heterocycles. The molecule has 1 amide bonds. The van der Waals surface area contributed by atoms with Crippen LogP contribution in [0.3, 0.4) is 0 Å². The molecule has 0 saturated heterocycles. The lowest BCUT2D eigenvalue weighted by Crippen LogP contribution is -2.17. The first-order chi connectivity index (χ1) is 9.72. The van der Waals surface area contributed by atoms with Crippen LogP contribution in [-0.2, 0) is 13.1 Å². The van der Waals surface area contributed by atoms with Gasteiger partial charge in [-0.2, -0.15) is 0 Å².